The highest BCUT2D eigenvalue weighted by atomic mass is 32.2. The van der Waals surface area contributed by atoms with Crippen molar-refractivity contribution in [1.29, 1.82) is 0 Å². The summed E-state index contributed by atoms with van der Waals surface area (Å²) in [5.74, 6) is 0.773. The fourth-order valence-electron chi connectivity index (χ4n) is 2.59. The zero-order valence-electron chi connectivity index (χ0n) is 10.7. The number of benzene rings is 1. The Morgan fingerprint density at radius 3 is 2.89 bits per heavy atom. The topological polar surface area (TPSA) is 43.1 Å². The van der Waals surface area contributed by atoms with Crippen LogP contribution in [0.1, 0.15) is 38.2 Å². The summed E-state index contributed by atoms with van der Waals surface area (Å²) in [5, 5.41) is 0.276. The molecule has 3 unspecified atom stereocenters. The van der Waals surface area contributed by atoms with Crippen LogP contribution in [0, 0.1) is 11.7 Å². The Balaban J connectivity index is 2.02. The van der Waals surface area contributed by atoms with Gasteiger partial charge in [-0.25, -0.2) is 4.39 Å². The Bertz CT molecular complexity index is 449. The van der Waals surface area contributed by atoms with Gasteiger partial charge in [0.1, 0.15) is 5.82 Å². The van der Waals surface area contributed by atoms with Crippen LogP contribution in [0.2, 0.25) is 0 Å². The predicted octanol–water partition coefficient (Wildman–Crippen LogP) is 3.24. The van der Waals surface area contributed by atoms with Crippen molar-refractivity contribution in [2.24, 2.45) is 5.92 Å². The van der Waals surface area contributed by atoms with E-state index in [9.17, 15) is 8.60 Å². The third kappa shape index (κ3) is 3.31. The summed E-state index contributed by atoms with van der Waals surface area (Å²) in [6, 6.07) is 4.33. The fraction of sp³-hybridized carbons (Fsp3) is 0.571. The smallest absolute Gasteiger partial charge is 0.125 e. The molecule has 0 heterocycles. The van der Waals surface area contributed by atoms with E-state index < -0.39 is 10.8 Å². The van der Waals surface area contributed by atoms with Gasteiger partial charge >= 0.3 is 0 Å². The molecule has 0 bridgehead atoms. The lowest BCUT2D eigenvalue weighted by Gasteiger charge is -2.26. The summed E-state index contributed by atoms with van der Waals surface area (Å²) in [4.78, 5) is 0. The molecule has 0 spiro atoms. The quantitative estimate of drug-likeness (QED) is 0.856. The number of rotatable bonds is 3. The van der Waals surface area contributed by atoms with Gasteiger partial charge in [-0.1, -0.05) is 25.8 Å². The number of hydrogen-bond acceptors (Lipinski definition) is 2. The monoisotopic (exact) mass is 269 g/mol. The van der Waals surface area contributed by atoms with E-state index >= 15 is 0 Å². The van der Waals surface area contributed by atoms with E-state index in [4.69, 9.17) is 5.73 Å². The molecule has 1 fully saturated rings. The van der Waals surface area contributed by atoms with Gasteiger partial charge in [-0.2, -0.15) is 0 Å². The molecule has 1 aromatic carbocycles. The summed E-state index contributed by atoms with van der Waals surface area (Å²) in [6.07, 6.45) is 4.48. The summed E-state index contributed by atoms with van der Waals surface area (Å²) in [5.41, 5.74) is 6.96. The Morgan fingerprint density at radius 2 is 2.22 bits per heavy atom. The minimum atomic E-state index is -0.897. The second-order valence-corrected chi connectivity index (χ2v) is 6.98. The molecule has 1 saturated carbocycles. The minimum Gasteiger partial charge on any atom is -0.398 e. The molecule has 18 heavy (non-hydrogen) atoms. The Labute approximate surface area is 110 Å². The maximum absolute atomic E-state index is 12.9. The van der Waals surface area contributed by atoms with Crippen molar-refractivity contribution in [1.82, 2.24) is 0 Å². The van der Waals surface area contributed by atoms with E-state index in [1.165, 1.54) is 18.6 Å². The van der Waals surface area contributed by atoms with Gasteiger partial charge in [-0.05, 0) is 36.5 Å². The third-order valence-electron chi connectivity index (χ3n) is 3.67. The van der Waals surface area contributed by atoms with Gasteiger partial charge in [0.05, 0.1) is 5.75 Å². The standard InChI is InChI=1S/C14H20FNOS/c1-10-3-2-4-13(7-10)18(17)9-11-5-6-12(15)8-14(11)16/h5-6,8,10,13H,2-4,7,9,16H2,1H3. The first-order chi connectivity index (χ1) is 8.56. The predicted molar refractivity (Wildman–Crippen MR) is 74.1 cm³/mol. The highest BCUT2D eigenvalue weighted by Gasteiger charge is 2.24. The molecular weight excluding hydrogens is 249 g/mol. The van der Waals surface area contributed by atoms with Crippen LogP contribution in [0.3, 0.4) is 0 Å². The second-order valence-electron chi connectivity index (χ2n) is 5.26. The molecule has 1 aromatic rings. The summed E-state index contributed by atoms with van der Waals surface area (Å²) in [6.45, 7) is 2.22. The average molecular weight is 269 g/mol. The van der Waals surface area contributed by atoms with Crippen LogP contribution in [0.5, 0.6) is 0 Å². The minimum absolute atomic E-state index is 0.276. The largest absolute Gasteiger partial charge is 0.398 e. The first-order valence-corrected chi connectivity index (χ1v) is 7.85. The van der Waals surface area contributed by atoms with Gasteiger partial charge < -0.3 is 5.73 Å². The molecule has 4 heteroatoms. The van der Waals surface area contributed by atoms with Crippen molar-refractivity contribution in [2.75, 3.05) is 5.73 Å². The molecule has 1 aliphatic carbocycles. The van der Waals surface area contributed by atoms with E-state index in [1.54, 1.807) is 6.07 Å². The number of nitrogens with two attached hydrogens (primary N) is 1. The first kappa shape index (κ1) is 13.5. The van der Waals surface area contributed by atoms with Crippen molar-refractivity contribution in [3.05, 3.63) is 29.6 Å². The highest BCUT2D eigenvalue weighted by Crippen LogP contribution is 2.28. The molecule has 0 amide bonds. The Hall–Kier alpha value is -0.900. The summed E-state index contributed by atoms with van der Waals surface area (Å²) >= 11 is 0. The Kier molecular flexibility index (Phi) is 4.38. The van der Waals surface area contributed by atoms with E-state index in [0.717, 1.165) is 24.8 Å². The highest BCUT2D eigenvalue weighted by molar-refractivity contribution is 7.84. The van der Waals surface area contributed by atoms with Crippen LogP contribution in [-0.4, -0.2) is 9.46 Å². The lowest BCUT2D eigenvalue weighted by molar-refractivity contribution is 0.389. The van der Waals surface area contributed by atoms with E-state index in [2.05, 4.69) is 6.92 Å². The SMILES string of the molecule is CC1CCCC(S(=O)Cc2ccc(F)cc2N)C1. The third-order valence-corrected chi connectivity index (χ3v) is 5.43. The van der Waals surface area contributed by atoms with E-state index in [1.807, 2.05) is 0 Å². The van der Waals surface area contributed by atoms with E-state index in [-0.39, 0.29) is 11.1 Å². The van der Waals surface area contributed by atoms with Crippen molar-refractivity contribution in [3.8, 4) is 0 Å². The second kappa shape index (κ2) is 5.83. The normalized spacial score (nSPS) is 25.9. The van der Waals surface area contributed by atoms with Gasteiger partial charge in [-0.3, -0.25) is 4.21 Å². The van der Waals surface area contributed by atoms with Gasteiger partial charge in [0.25, 0.3) is 0 Å². The van der Waals surface area contributed by atoms with Crippen molar-refractivity contribution >= 4 is 16.5 Å². The molecule has 3 atom stereocenters. The van der Waals surface area contributed by atoms with Crippen LogP contribution in [0.15, 0.2) is 18.2 Å². The van der Waals surface area contributed by atoms with Crippen molar-refractivity contribution in [3.63, 3.8) is 0 Å². The molecule has 0 radical (unpaired) electrons. The molecule has 100 valence electrons. The lowest BCUT2D eigenvalue weighted by atomic mass is 9.91. The zero-order valence-corrected chi connectivity index (χ0v) is 11.5. The van der Waals surface area contributed by atoms with Gasteiger partial charge in [0.15, 0.2) is 0 Å². The van der Waals surface area contributed by atoms with Crippen LogP contribution < -0.4 is 5.73 Å². The van der Waals surface area contributed by atoms with Gasteiger partial charge in [0, 0.05) is 21.7 Å². The maximum atomic E-state index is 12.9. The average Bonchev–Trinajstić information content (AvgIpc) is 2.32. The molecule has 0 aliphatic heterocycles. The zero-order chi connectivity index (χ0) is 13.1. The van der Waals surface area contributed by atoms with Gasteiger partial charge in [0.2, 0.25) is 0 Å². The van der Waals surface area contributed by atoms with Crippen molar-refractivity contribution in [2.45, 2.75) is 43.6 Å². The fourth-order valence-corrected chi connectivity index (χ4v) is 4.36. The number of hydrogen-bond donors (Lipinski definition) is 1. The lowest BCUT2D eigenvalue weighted by Crippen LogP contribution is -2.24. The maximum Gasteiger partial charge on any atom is 0.125 e. The van der Waals surface area contributed by atoms with Crippen molar-refractivity contribution < 1.29 is 8.60 Å². The molecule has 2 nitrogen and oxygen atoms in total. The molecular formula is C14H20FNOS. The number of anilines is 1. The molecule has 2 N–H and O–H groups in total. The number of halogens is 1. The first-order valence-electron chi connectivity index (χ1n) is 6.47. The molecule has 1 aliphatic rings. The summed E-state index contributed by atoms with van der Waals surface area (Å²) < 4.78 is 25.2. The Morgan fingerprint density at radius 1 is 1.44 bits per heavy atom. The number of nitrogen functional groups attached to an aromatic ring is 1. The van der Waals surface area contributed by atoms with Crippen LogP contribution >= 0.6 is 0 Å². The molecule has 0 saturated heterocycles. The van der Waals surface area contributed by atoms with Gasteiger partial charge in [-0.15, -0.1) is 0 Å². The van der Waals surface area contributed by atoms with Crippen LogP contribution in [0.25, 0.3) is 0 Å². The summed E-state index contributed by atoms with van der Waals surface area (Å²) in [7, 11) is -0.897. The van der Waals surface area contributed by atoms with Crippen LogP contribution in [0.4, 0.5) is 10.1 Å². The molecule has 2 rings (SSSR count). The van der Waals surface area contributed by atoms with E-state index in [0.29, 0.717) is 17.4 Å². The van der Waals surface area contributed by atoms with Crippen LogP contribution in [-0.2, 0) is 16.6 Å². The molecule has 0 aromatic heterocycles.